The Bertz CT molecular complexity index is 265. The van der Waals surface area contributed by atoms with Gasteiger partial charge in [0.25, 0.3) is 0 Å². The molecule has 2 N–H and O–H groups in total. The fraction of sp³-hybridized carbons (Fsp3) is 0.455. The van der Waals surface area contributed by atoms with Gasteiger partial charge in [0, 0.05) is 11.6 Å². The zero-order valence-corrected chi connectivity index (χ0v) is 9.19. The summed E-state index contributed by atoms with van der Waals surface area (Å²) < 4.78 is 13.2. The van der Waals surface area contributed by atoms with Gasteiger partial charge >= 0.3 is 0 Å². The van der Waals surface area contributed by atoms with E-state index in [1.807, 2.05) is 6.07 Å². The number of nitrogens with two attached hydrogens (primary N) is 1. The van der Waals surface area contributed by atoms with Gasteiger partial charge in [-0.2, -0.15) is 0 Å². The SMILES string of the molecule is CCCC[C@H](N)c1ccccc1F.Cl. The van der Waals surface area contributed by atoms with Gasteiger partial charge in [-0.05, 0) is 12.5 Å². The highest BCUT2D eigenvalue weighted by Crippen LogP contribution is 2.19. The van der Waals surface area contributed by atoms with Gasteiger partial charge in [0.1, 0.15) is 5.82 Å². The minimum atomic E-state index is -0.189. The molecule has 80 valence electrons. The van der Waals surface area contributed by atoms with E-state index in [4.69, 9.17) is 5.73 Å². The molecule has 0 bridgehead atoms. The monoisotopic (exact) mass is 217 g/mol. The molecule has 1 nitrogen and oxygen atoms in total. The fourth-order valence-corrected chi connectivity index (χ4v) is 1.36. The van der Waals surface area contributed by atoms with Crippen molar-refractivity contribution in [3.05, 3.63) is 35.6 Å². The Kier molecular flexibility index (Phi) is 6.50. The summed E-state index contributed by atoms with van der Waals surface area (Å²) in [6, 6.07) is 6.58. The zero-order chi connectivity index (χ0) is 9.68. The summed E-state index contributed by atoms with van der Waals surface area (Å²) in [5.74, 6) is -0.189. The van der Waals surface area contributed by atoms with Crippen molar-refractivity contribution in [1.29, 1.82) is 0 Å². The Morgan fingerprint density at radius 1 is 1.36 bits per heavy atom. The first-order valence-electron chi connectivity index (χ1n) is 4.75. The first-order chi connectivity index (χ1) is 6.25. The van der Waals surface area contributed by atoms with Crippen LogP contribution in [0.4, 0.5) is 4.39 Å². The summed E-state index contributed by atoms with van der Waals surface area (Å²) >= 11 is 0. The number of halogens is 2. The third kappa shape index (κ3) is 3.64. The van der Waals surface area contributed by atoms with E-state index in [9.17, 15) is 4.39 Å². The lowest BCUT2D eigenvalue weighted by molar-refractivity contribution is 0.548. The Labute approximate surface area is 90.9 Å². The second kappa shape index (κ2) is 6.80. The van der Waals surface area contributed by atoms with Crippen LogP contribution in [0.2, 0.25) is 0 Å². The van der Waals surface area contributed by atoms with Crippen LogP contribution in [0.5, 0.6) is 0 Å². The average Bonchev–Trinajstić information content (AvgIpc) is 2.15. The molecular formula is C11H17ClFN. The quantitative estimate of drug-likeness (QED) is 0.822. The van der Waals surface area contributed by atoms with Gasteiger partial charge in [0.15, 0.2) is 0 Å². The number of hydrogen-bond acceptors (Lipinski definition) is 1. The Hall–Kier alpha value is -0.600. The van der Waals surface area contributed by atoms with Gasteiger partial charge in [0.05, 0.1) is 0 Å². The smallest absolute Gasteiger partial charge is 0.127 e. The van der Waals surface area contributed by atoms with E-state index in [0.29, 0.717) is 5.56 Å². The van der Waals surface area contributed by atoms with Crippen molar-refractivity contribution in [2.45, 2.75) is 32.2 Å². The maximum atomic E-state index is 13.2. The molecule has 0 heterocycles. The molecule has 0 aromatic heterocycles. The van der Waals surface area contributed by atoms with Crippen molar-refractivity contribution in [1.82, 2.24) is 0 Å². The van der Waals surface area contributed by atoms with Crippen LogP contribution in [-0.2, 0) is 0 Å². The lowest BCUT2D eigenvalue weighted by Crippen LogP contribution is -2.11. The number of rotatable bonds is 4. The van der Waals surface area contributed by atoms with Crippen LogP contribution < -0.4 is 5.73 Å². The lowest BCUT2D eigenvalue weighted by atomic mass is 10.0. The molecule has 0 aliphatic heterocycles. The average molecular weight is 218 g/mol. The molecule has 0 saturated carbocycles. The van der Waals surface area contributed by atoms with Crippen molar-refractivity contribution >= 4 is 12.4 Å². The van der Waals surface area contributed by atoms with Crippen molar-refractivity contribution < 1.29 is 4.39 Å². The van der Waals surface area contributed by atoms with Gasteiger partial charge in [-0.3, -0.25) is 0 Å². The number of hydrogen-bond donors (Lipinski definition) is 1. The third-order valence-electron chi connectivity index (χ3n) is 2.17. The Morgan fingerprint density at radius 3 is 2.57 bits per heavy atom. The van der Waals surface area contributed by atoms with Crippen LogP contribution in [0.25, 0.3) is 0 Å². The minimum Gasteiger partial charge on any atom is -0.324 e. The predicted molar refractivity (Wildman–Crippen MR) is 60.1 cm³/mol. The van der Waals surface area contributed by atoms with Crippen molar-refractivity contribution in [3.8, 4) is 0 Å². The Morgan fingerprint density at radius 2 is 2.00 bits per heavy atom. The second-order valence-corrected chi connectivity index (χ2v) is 3.27. The molecule has 1 atom stereocenters. The summed E-state index contributed by atoms with van der Waals surface area (Å²) in [4.78, 5) is 0. The topological polar surface area (TPSA) is 26.0 Å². The first-order valence-corrected chi connectivity index (χ1v) is 4.75. The summed E-state index contributed by atoms with van der Waals surface area (Å²) in [5.41, 5.74) is 6.48. The van der Waals surface area contributed by atoms with E-state index in [1.165, 1.54) is 6.07 Å². The molecule has 0 unspecified atom stereocenters. The summed E-state index contributed by atoms with van der Waals surface area (Å²) in [7, 11) is 0. The molecule has 0 aliphatic carbocycles. The standard InChI is InChI=1S/C11H16FN.ClH/c1-2-3-8-11(13)9-6-4-5-7-10(9)12;/h4-7,11H,2-3,8,13H2,1H3;1H/t11-;/m0./s1. The van der Waals surface area contributed by atoms with Crippen LogP contribution >= 0.6 is 12.4 Å². The first kappa shape index (κ1) is 13.4. The van der Waals surface area contributed by atoms with Gasteiger partial charge in [0.2, 0.25) is 0 Å². The normalized spacial score (nSPS) is 11.9. The largest absolute Gasteiger partial charge is 0.324 e. The van der Waals surface area contributed by atoms with Gasteiger partial charge in [-0.25, -0.2) is 4.39 Å². The van der Waals surface area contributed by atoms with Crippen LogP contribution in [0.15, 0.2) is 24.3 Å². The lowest BCUT2D eigenvalue weighted by Gasteiger charge is -2.11. The molecule has 3 heteroatoms. The van der Waals surface area contributed by atoms with Crippen LogP contribution in [-0.4, -0.2) is 0 Å². The van der Waals surface area contributed by atoms with Gasteiger partial charge in [-0.1, -0.05) is 38.0 Å². The fourth-order valence-electron chi connectivity index (χ4n) is 1.36. The van der Waals surface area contributed by atoms with Crippen molar-refractivity contribution in [2.75, 3.05) is 0 Å². The maximum absolute atomic E-state index is 13.2. The highest BCUT2D eigenvalue weighted by molar-refractivity contribution is 5.85. The van der Waals surface area contributed by atoms with Gasteiger partial charge in [-0.15, -0.1) is 12.4 Å². The molecule has 0 fully saturated rings. The van der Waals surface area contributed by atoms with Crippen molar-refractivity contribution in [2.24, 2.45) is 5.73 Å². The summed E-state index contributed by atoms with van der Waals surface area (Å²) in [6.07, 6.45) is 3.01. The molecule has 1 aromatic carbocycles. The number of benzene rings is 1. The molecular weight excluding hydrogens is 201 g/mol. The molecule has 0 saturated heterocycles. The minimum absolute atomic E-state index is 0. The van der Waals surface area contributed by atoms with E-state index in [2.05, 4.69) is 6.92 Å². The van der Waals surface area contributed by atoms with E-state index in [1.54, 1.807) is 12.1 Å². The van der Waals surface area contributed by atoms with E-state index in [-0.39, 0.29) is 24.3 Å². The maximum Gasteiger partial charge on any atom is 0.127 e. The third-order valence-corrected chi connectivity index (χ3v) is 2.17. The second-order valence-electron chi connectivity index (χ2n) is 3.27. The highest BCUT2D eigenvalue weighted by Gasteiger charge is 2.09. The highest BCUT2D eigenvalue weighted by atomic mass is 35.5. The molecule has 0 spiro atoms. The zero-order valence-electron chi connectivity index (χ0n) is 8.37. The molecule has 0 aliphatic rings. The summed E-state index contributed by atoms with van der Waals surface area (Å²) in [5, 5.41) is 0. The Balaban J connectivity index is 0.00000169. The van der Waals surface area contributed by atoms with E-state index >= 15 is 0 Å². The molecule has 1 aromatic rings. The number of unbranched alkanes of at least 4 members (excludes halogenated alkanes) is 1. The van der Waals surface area contributed by atoms with Crippen LogP contribution in [0.3, 0.4) is 0 Å². The van der Waals surface area contributed by atoms with Crippen molar-refractivity contribution in [3.63, 3.8) is 0 Å². The molecule has 14 heavy (non-hydrogen) atoms. The summed E-state index contributed by atoms with van der Waals surface area (Å²) in [6.45, 7) is 2.11. The molecule has 1 rings (SSSR count). The van der Waals surface area contributed by atoms with E-state index in [0.717, 1.165) is 19.3 Å². The van der Waals surface area contributed by atoms with Gasteiger partial charge < -0.3 is 5.73 Å². The molecule has 0 radical (unpaired) electrons. The van der Waals surface area contributed by atoms with Crippen LogP contribution in [0.1, 0.15) is 37.8 Å². The predicted octanol–water partition coefficient (Wildman–Crippen LogP) is 3.44. The molecule has 0 amide bonds. The van der Waals surface area contributed by atoms with E-state index < -0.39 is 0 Å². The van der Waals surface area contributed by atoms with Crippen LogP contribution in [0, 0.1) is 5.82 Å².